The minimum atomic E-state index is -1.04. The Bertz CT molecular complexity index is 480. The molecule has 0 spiro atoms. The fourth-order valence-corrected chi connectivity index (χ4v) is 2.57. The molecule has 0 unspecified atom stereocenters. The number of carbonyl (C=O) groups is 1. The molecule has 0 aromatic heterocycles. The highest BCUT2D eigenvalue weighted by atomic mass is 16.3. The molecule has 0 bridgehead atoms. The number of rotatable bonds is 2. The van der Waals surface area contributed by atoms with Crippen LogP contribution in [0.4, 0.5) is 0 Å². The summed E-state index contributed by atoms with van der Waals surface area (Å²) >= 11 is 0. The van der Waals surface area contributed by atoms with E-state index in [1.165, 1.54) is 11.1 Å². The van der Waals surface area contributed by atoms with Gasteiger partial charge in [-0.05, 0) is 16.7 Å². The van der Waals surface area contributed by atoms with Gasteiger partial charge in [-0.25, -0.2) is 0 Å². The van der Waals surface area contributed by atoms with Gasteiger partial charge in [0.15, 0.2) is 6.10 Å². The predicted octanol–water partition coefficient (Wildman–Crippen LogP) is 0.462. The summed E-state index contributed by atoms with van der Waals surface area (Å²) in [6, 6.07) is 9.09. The standard InChI is InChI=1S/C14H16N2O2/c17-13(10-4-2-1-3-5-10)14(18)16-8-11-6-15-7-12(11)9-16/h1-5,13,15,17H,6-9H2/t13-/m1/s1. The van der Waals surface area contributed by atoms with Crippen LogP contribution in [-0.4, -0.2) is 42.1 Å². The second kappa shape index (κ2) is 4.55. The highest BCUT2D eigenvalue weighted by Crippen LogP contribution is 2.24. The van der Waals surface area contributed by atoms with E-state index in [2.05, 4.69) is 5.32 Å². The van der Waals surface area contributed by atoms with Gasteiger partial charge >= 0.3 is 0 Å². The van der Waals surface area contributed by atoms with E-state index in [1.807, 2.05) is 18.2 Å². The lowest BCUT2D eigenvalue weighted by molar-refractivity contribution is -0.139. The van der Waals surface area contributed by atoms with Crippen molar-refractivity contribution in [2.24, 2.45) is 0 Å². The van der Waals surface area contributed by atoms with Gasteiger partial charge in [-0.15, -0.1) is 0 Å². The molecule has 2 heterocycles. The van der Waals surface area contributed by atoms with Crippen LogP contribution < -0.4 is 5.32 Å². The number of hydrogen-bond donors (Lipinski definition) is 2. The second-order valence-electron chi connectivity index (χ2n) is 4.82. The molecule has 1 amide bonds. The van der Waals surface area contributed by atoms with Crippen LogP contribution in [0, 0.1) is 0 Å². The Hall–Kier alpha value is -1.65. The summed E-state index contributed by atoms with van der Waals surface area (Å²) in [6.07, 6.45) is -1.04. The first-order valence-electron chi connectivity index (χ1n) is 6.18. The van der Waals surface area contributed by atoms with Crippen molar-refractivity contribution in [2.45, 2.75) is 6.10 Å². The Labute approximate surface area is 106 Å². The monoisotopic (exact) mass is 244 g/mol. The Balaban J connectivity index is 1.69. The number of carbonyl (C=O) groups excluding carboxylic acids is 1. The number of aliphatic hydroxyl groups excluding tert-OH is 1. The van der Waals surface area contributed by atoms with Gasteiger partial charge in [0.2, 0.25) is 0 Å². The van der Waals surface area contributed by atoms with Crippen molar-refractivity contribution in [1.29, 1.82) is 0 Å². The maximum atomic E-state index is 12.2. The molecule has 2 N–H and O–H groups in total. The minimum absolute atomic E-state index is 0.199. The zero-order chi connectivity index (χ0) is 12.5. The normalized spacial score (nSPS) is 20.2. The molecule has 2 aliphatic heterocycles. The number of nitrogens with zero attached hydrogens (tertiary/aromatic N) is 1. The molecule has 18 heavy (non-hydrogen) atoms. The molecule has 4 heteroatoms. The van der Waals surface area contributed by atoms with Crippen LogP contribution in [0.2, 0.25) is 0 Å². The molecule has 0 fully saturated rings. The SMILES string of the molecule is O=C([C@H](O)c1ccccc1)N1CC2=C(CNC2)C1. The van der Waals surface area contributed by atoms with Crippen LogP contribution in [0.5, 0.6) is 0 Å². The molecule has 0 saturated heterocycles. The lowest BCUT2D eigenvalue weighted by Crippen LogP contribution is -2.36. The molecule has 2 aliphatic rings. The summed E-state index contributed by atoms with van der Waals surface area (Å²) in [4.78, 5) is 13.9. The van der Waals surface area contributed by atoms with Crippen molar-refractivity contribution in [3.8, 4) is 0 Å². The van der Waals surface area contributed by atoms with E-state index in [9.17, 15) is 9.90 Å². The van der Waals surface area contributed by atoms with E-state index >= 15 is 0 Å². The molecule has 4 nitrogen and oxygen atoms in total. The van der Waals surface area contributed by atoms with Crippen LogP contribution in [0.15, 0.2) is 41.5 Å². The van der Waals surface area contributed by atoms with Gasteiger partial charge in [0.05, 0.1) is 0 Å². The van der Waals surface area contributed by atoms with Gasteiger partial charge in [-0.2, -0.15) is 0 Å². The van der Waals surface area contributed by atoms with Crippen molar-refractivity contribution >= 4 is 5.91 Å². The average molecular weight is 244 g/mol. The van der Waals surface area contributed by atoms with Crippen molar-refractivity contribution in [3.63, 3.8) is 0 Å². The lowest BCUT2D eigenvalue weighted by Gasteiger charge is -2.21. The Morgan fingerprint density at radius 1 is 1.17 bits per heavy atom. The number of nitrogens with one attached hydrogen (secondary N) is 1. The third-order valence-corrected chi connectivity index (χ3v) is 3.60. The smallest absolute Gasteiger partial charge is 0.256 e. The van der Waals surface area contributed by atoms with Crippen LogP contribution in [0.25, 0.3) is 0 Å². The first kappa shape index (κ1) is 11.4. The summed E-state index contributed by atoms with van der Waals surface area (Å²) < 4.78 is 0. The Morgan fingerprint density at radius 2 is 1.78 bits per heavy atom. The number of hydrogen-bond acceptors (Lipinski definition) is 3. The highest BCUT2D eigenvalue weighted by Gasteiger charge is 2.31. The van der Waals surface area contributed by atoms with Gasteiger partial charge in [0.25, 0.3) is 5.91 Å². The maximum Gasteiger partial charge on any atom is 0.256 e. The van der Waals surface area contributed by atoms with Crippen LogP contribution in [0.3, 0.4) is 0 Å². The van der Waals surface area contributed by atoms with E-state index in [0.29, 0.717) is 18.7 Å². The van der Waals surface area contributed by atoms with Gasteiger partial charge in [-0.3, -0.25) is 4.79 Å². The average Bonchev–Trinajstić information content (AvgIpc) is 2.99. The van der Waals surface area contributed by atoms with Crippen molar-refractivity contribution < 1.29 is 9.90 Å². The predicted molar refractivity (Wildman–Crippen MR) is 67.9 cm³/mol. The topological polar surface area (TPSA) is 52.6 Å². The van der Waals surface area contributed by atoms with Crippen molar-refractivity contribution in [2.75, 3.05) is 26.2 Å². The molecular weight excluding hydrogens is 228 g/mol. The molecule has 1 atom stereocenters. The second-order valence-corrected chi connectivity index (χ2v) is 4.82. The molecule has 1 aromatic carbocycles. The van der Waals surface area contributed by atoms with E-state index in [4.69, 9.17) is 0 Å². The summed E-state index contributed by atoms with van der Waals surface area (Å²) in [7, 11) is 0. The van der Waals surface area contributed by atoms with E-state index in [-0.39, 0.29) is 5.91 Å². The van der Waals surface area contributed by atoms with Gasteiger partial charge in [0, 0.05) is 26.2 Å². The first-order valence-corrected chi connectivity index (χ1v) is 6.18. The van der Waals surface area contributed by atoms with Crippen LogP contribution in [-0.2, 0) is 4.79 Å². The highest BCUT2D eigenvalue weighted by molar-refractivity contribution is 5.83. The molecule has 0 radical (unpaired) electrons. The maximum absolute atomic E-state index is 12.2. The molecule has 3 rings (SSSR count). The van der Waals surface area contributed by atoms with Crippen LogP contribution >= 0.6 is 0 Å². The third kappa shape index (κ3) is 1.94. The molecule has 94 valence electrons. The Morgan fingerprint density at radius 3 is 2.39 bits per heavy atom. The van der Waals surface area contributed by atoms with Gasteiger partial charge < -0.3 is 15.3 Å². The van der Waals surface area contributed by atoms with Gasteiger partial charge in [0.1, 0.15) is 0 Å². The minimum Gasteiger partial charge on any atom is -0.378 e. The number of amides is 1. The zero-order valence-electron chi connectivity index (χ0n) is 10.1. The molecule has 0 saturated carbocycles. The Kier molecular flexibility index (Phi) is 2.89. The summed E-state index contributed by atoms with van der Waals surface area (Å²) in [6.45, 7) is 3.07. The summed E-state index contributed by atoms with van der Waals surface area (Å²) in [5.41, 5.74) is 3.28. The zero-order valence-corrected chi connectivity index (χ0v) is 10.1. The first-order chi connectivity index (χ1) is 8.75. The lowest BCUT2D eigenvalue weighted by atomic mass is 10.1. The number of benzene rings is 1. The summed E-state index contributed by atoms with van der Waals surface area (Å²) in [5, 5.41) is 13.4. The number of aliphatic hydroxyl groups is 1. The van der Waals surface area contributed by atoms with E-state index in [1.54, 1.807) is 17.0 Å². The molecular formula is C14H16N2O2. The molecule has 0 aliphatic carbocycles. The van der Waals surface area contributed by atoms with Crippen molar-refractivity contribution in [1.82, 2.24) is 10.2 Å². The third-order valence-electron chi connectivity index (χ3n) is 3.60. The summed E-state index contributed by atoms with van der Waals surface area (Å²) in [5.74, 6) is -0.199. The van der Waals surface area contributed by atoms with Gasteiger partial charge in [-0.1, -0.05) is 30.3 Å². The fourth-order valence-electron chi connectivity index (χ4n) is 2.57. The quantitative estimate of drug-likeness (QED) is 0.743. The van der Waals surface area contributed by atoms with E-state index < -0.39 is 6.10 Å². The van der Waals surface area contributed by atoms with Crippen LogP contribution in [0.1, 0.15) is 11.7 Å². The van der Waals surface area contributed by atoms with Crippen molar-refractivity contribution in [3.05, 3.63) is 47.0 Å². The fraction of sp³-hybridized carbons (Fsp3) is 0.357. The van der Waals surface area contributed by atoms with E-state index in [0.717, 1.165) is 13.1 Å². The largest absolute Gasteiger partial charge is 0.378 e. The molecule has 1 aromatic rings.